The maximum atomic E-state index is 12.6. The Labute approximate surface area is 115 Å². The summed E-state index contributed by atoms with van der Waals surface area (Å²) < 4.78 is 28.2. The molecule has 2 heterocycles. The summed E-state index contributed by atoms with van der Waals surface area (Å²) in [6.45, 7) is 0.837. The van der Waals surface area contributed by atoms with Gasteiger partial charge in [0.05, 0.1) is 0 Å². The Balaban J connectivity index is 2.41. The van der Waals surface area contributed by atoms with Gasteiger partial charge in [-0.05, 0) is 28.8 Å². The van der Waals surface area contributed by atoms with E-state index in [-0.39, 0.29) is 15.7 Å². The van der Waals surface area contributed by atoms with E-state index >= 15 is 0 Å². The van der Waals surface area contributed by atoms with Gasteiger partial charge in [-0.3, -0.25) is 0 Å². The molecule has 1 fully saturated rings. The van der Waals surface area contributed by atoms with E-state index in [1.54, 1.807) is 7.05 Å². The van der Waals surface area contributed by atoms with Crippen LogP contribution in [-0.2, 0) is 17.1 Å². The molecule has 2 N–H and O–H groups in total. The van der Waals surface area contributed by atoms with Gasteiger partial charge in [-0.2, -0.15) is 4.31 Å². The molecule has 0 aliphatic carbocycles. The largest absolute Gasteiger partial charge is 0.329 e. The fourth-order valence-corrected chi connectivity index (χ4v) is 4.97. The van der Waals surface area contributed by atoms with Crippen LogP contribution in [0.3, 0.4) is 0 Å². The van der Waals surface area contributed by atoms with Crippen LogP contribution in [0.4, 0.5) is 0 Å². The minimum Gasteiger partial charge on any atom is -0.329 e. The summed E-state index contributed by atoms with van der Waals surface area (Å²) in [5, 5.41) is 7.52. The molecule has 18 heavy (non-hydrogen) atoms. The minimum atomic E-state index is -3.60. The number of aromatic nitrogens is 3. The summed E-state index contributed by atoms with van der Waals surface area (Å²) in [7, 11) is -2.04. The predicted molar refractivity (Wildman–Crippen MR) is 69.3 cm³/mol. The van der Waals surface area contributed by atoms with Gasteiger partial charge in [-0.15, -0.1) is 5.10 Å². The molecule has 102 valence electrons. The van der Waals surface area contributed by atoms with Crippen LogP contribution in [0.5, 0.6) is 0 Å². The quantitative estimate of drug-likeness (QED) is 0.842. The van der Waals surface area contributed by atoms with Gasteiger partial charge >= 0.3 is 0 Å². The summed E-state index contributed by atoms with van der Waals surface area (Å²) in [5.41, 5.74) is 5.66. The van der Waals surface area contributed by atoms with E-state index in [2.05, 4.69) is 26.2 Å². The van der Waals surface area contributed by atoms with Crippen molar-refractivity contribution in [2.24, 2.45) is 12.8 Å². The Morgan fingerprint density at radius 1 is 1.50 bits per heavy atom. The third-order valence-electron chi connectivity index (χ3n) is 3.14. The summed E-state index contributed by atoms with van der Waals surface area (Å²) in [6, 6.07) is -0.134. The molecule has 0 amide bonds. The Morgan fingerprint density at radius 2 is 2.22 bits per heavy atom. The van der Waals surface area contributed by atoms with Gasteiger partial charge in [-0.1, -0.05) is 11.6 Å². The Hall–Kier alpha value is -0.510. The maximum absolute atomic E-state index is 12.6. The average Bonchev–Trinajstić information content (AvgIpc) is 2.69. The molecule has 1 aromatic heterocycles. The van der Waals surface area contributed by atoms with Crippen LogP contribution in [0, 0.1) is 0 Å². The monoisotopic (exact) mass is 337 g/mol. The molecule has 1 aliphatic heterocycles. The van der Waals surface area contributed by atoms with Crippen molar-refractivity contribution in [2.45, 2.75) is 30.3 Å². The molecule has 1 aliphatic rings. The first-order valence-corrected chi connectivity index (χ1v) is 7.99. The van der Waals surface area contributed by atoms with E-state index in [9.17, 15) is 8.42 Å². The lowest BCUT2D eigenvalue weighted by Crippen LogP contribution is -2.47. The number of hydrogen-bond donors (Lipinski definition) is 1. The second-order valence-corrected chi connectivity index (χ2v) is 6.87. The lowest BCUT2D eigenvalue weighted by atomic mass is 10.1. The molecule has 0 saturated carbocycles. The van der Waals surface area contributed by atoms with Crippen molar-refractivity contribution in [1.82, 2.24) is 19.3 Å². The van der Waals surface area contributed by atoms with Gasteiger partial charge < -0.3 is 5.73 Å². The van der Waals surface area contributed by atoms with E-state index in [0.29, 0.717) is 13.1 Å². The van der Waals surface area contributed by atoms with E-state index in [0.717, 1.165) is 19.3 Å². The van der Waals surface area contributed by atoms with Crippen molar-refractivity contribution >= 4 is 26.0 Å². The Bertz CT molecular complexity index is 510. The van der Waals surface area contributed by atoms with Crippen LogP contribution in [0.15, 0.2) is 9.63 Å². The molecule has 0 radical (unpaired) electrons. The molecule has 2 rings (SSSR count). The van der Waals surface area contributed by atoms with Crippen LogP contribution in [0.2, 0.25) is 0 Å². The highest BCUT2D eigenvalue weighted by atomic mass is 79.9. The predicted octanol–water partition coefficient (Wildman–Crippen LogP) is 0.0795. The number of sulfonamides is 1. The molecule has 7 nitrogen and oxygen atoms in total. The fourth-order valence-electron chi connectivity index (χ4n) is 2.23. The van der Waals surface area contributed by atoms with E-state index < -0.39 is 10.0 Å². The van der Waals surface area contributed by atoms with Crippen molar-refractivity contribution in [3.63, 3.8) is 0 Å². The first kappa shape index (κ1) is 13.9. The number of halogens is 1. The van der Waals surface area contributed by atoms with Gasteiger partial charge in [0.15, 0.2) is 4.60 Å². The van der Waals surface area contributed by atoms with Crippen LogP contribution < -0.4 is 5.73 Å². The summed E-state index contributed by atoms with van der Waals surface area (Å²) in [4.78, 5) is 0. The van der Waals surface area contributed by atoms with Gasteiger partial charge in [0.1, 0.15) is 0 Å². The molecular formula is C9H16BrN5O2S. The van der Waals surface area contributed by atoms with E-state index in [1.807, 2.05) is 0 Å². The van der Waals surface area contributed by atoms with Crippen molar-refractivity contribution in [3.05, 3.63) is 4.60 Å². The second-order valence-electron chi connectivity index (χ2n) is 4.31. The topological polar surface area (TPSA) is 94.1 Å². The summed E-state index contributed by atoms with van der Waals surface area (Å²) >= 11 is 3.13. The molecule has 0 aromatic carbocycles. The van der Waals surface area contributed by atoms with Gasteiger partial charge in [-0.25, -0.2) is 13.1 Å². The molecule has 1 saturated heterocycles. The zero-order chi connectivity index (χ0) is 13.3. The van der Waals surface area contributed by atoms with Crippen molar-refractivity contribution in [1.29, 1.82) is 0 Å². The van der Waals surface area contributed by atoms with Crippen molar-refractivity contribution < 1.29 is 8.42 Å². The number of rotatable bonds is 3. The first-order valence-electron chi connectivity index (χ1n) is 5.75. The van der Waals surface area contributed by atoms with Gasteiger partial charge in [0.25, 0.3) is 10.0 Å². The third-order valence-corrected chi connectivity index (χ3v) is 5.98. The molecule has 1 aromatic rings. The molecule has 0 bridgehead atoms. The van der Waals surface area contributed by atoms with Crippen LogP contribution in [0.25, 0.3) is 0 Å². The van der Waals surface area contributed by atoms with Crippen molar-refractivity contribution in [2.75, 3.05) is 13.1 Å². The maximum Gasteiger partial charge on any atom is 0.263 e. The lowest BCUT2D eigenvalue weighted by Gasteiger charge is -2.33. The molecule has 1 atom stereocenters. The highest BCUT2D eigenvalue weighted by Crippen LogP contribution is 2.27. The van der Waals surface area contributed by atoms with Gasteiger partial charge in [0.2, 0.25) is 5.03 Å². The fraction of sp³-hybridized carbons (Fsp3) is 0.778. The zero-order valence-electron chi connectivity index (χ0n) is 10.1. The lowest BCUT2D eigenvalue weighted by molar-refractivity contribution is 0.256. The molecular weight excluding hydrogens is 322 g/mol. The van der Waals surface area contributed by atoms with E-state index in [4.69, 9.17) is 5.73 Å². The first-order chi connectivity index (χ1) is 8.48. The van der Waals surface area contributed by atoms with Crippen molar-refractivity contribution in [3.8, 4) is 0 Å². The number of aryl methyl sites for hydroxylation is 1. The summed E-state index contributed by atoms with van der Waals surface area (Å²) in [6.07, 6.45) is 2.68. The minimum absolute atomic E-state index is 0.0860. The highest BCUT2D eigenvalue weighted by Gasteiger charge is 2.36. The number of piperidine rings is 1. The second kappa shape index (κ2) is 5.24. The number of nitrogens with two attached hydrogens (primary N) is 1. The molecule has 1 unspecified atom stereocenters. The van der Waals surface area contributed by atoms with E-state index in [1.165, 1.54) is 8.99 Å². The van der Waals surface area contributed by atoms with Crippen LogP contribution in [0.1, 0.15) is 19.3 Å². The third kappa shape index (κ3) is 2.31. The molecule has 9 heteroatoms. The highest BCUT2D eigenvalue weighted by molar-refractivity contribution is 9.10. The molecule has 0 spiro atoms. The van der Waals surface area contributed by atoms with Gasteiger partial charge in [0, 0.05) is 26.2 Å². The Kier molecular flexibility index (Phi) is 4.05. The smallest absolute Gasteiger partial charge is 0.263 e. The SMILES string of the molecule is Cn1nnc(Br)c1S(=O)(=O)N1CCCCC1CN. The summed E-state index contributed by atoms with van der Waals surface area (Å²) in [5.74, 6) is 0. The van der Waals surface area contributed by atoms with Crippen LogP contribution >= 0.6 is 15.9 Å². The van der Waals surface area contributed by atoms with Crippen LogP contribution in [-0.4, -0.2) is 46.8 Å². The number of nitrogens with zero attached hydrogens (tertiary/aromatic N) is 4. The standard InChI is InChI=1S/C9H16BrN5O2S/c1-14-9(8(10)12-13-14)18(16,17)15-5-3-2-4-7(15)6-11/h7H,2-6,11H2,1H3. The zero-order valence-corrected chi connectivity index (χ0v) is 12.5. The number of hydrogen-bond acceptors (Lipinski definition) is 5. The Morgan fingerprint density at radius 3 is 2.78 bits per heavy atom. The normalized spacial score (nSPS) is 22.3. The average molecular weight is 338 g/mol.